The Morgan fingerprint density at radius 3 is 1.45 bits per heavy atom. The van der Waals surface area contributed by atoms with Crippen molar-refractivity contribution in [3.05, 3.63) is 130 Å². The molecule has 31 heavy (non-hydrogen) atoms. The molecule has 0 aliphatic heterocycles. The summed E-state index contributed by atoms with van der Waals surface area (Å²) in [5.74, 6) is 0. The molecule has 2 heteroatoms. The summed E-state index contributed by atoms with van der Waals surface area (Å²) in [5.41, 5.74) is 9.72. The van der Waals surface area contributed by atoms with Crippen LogP contribution in [-0.2, 0) is 28.1 Å². The molecular formula is C29H26O2. The van der Waals surface area contributed by atoms with Crippen LogP contribution in [0.15, 0.2) is 97.1 Å². The third-order valence-corrected chi connectivity index (χ3v) is 6.29. The number of hydrogen-bond acceptors (Lipinski definition) is 2. The molecule has 0 saturated carbocycles. The number of benzene rings is 4. The van der Waals surface area contributed by atoms with E-state index in [1.165, 1.54) is 44.5 Å². The molecule has 0 bridgehead atoms. The van der Waals surface area contributed by atoms with Gasteiger partial charge in [0.05, 0.1) is 18.6 Å². The highest BCUT2D eigenvalue weighted by atomic mass is 16.5. The van der Waals surface area contributed by atoms with Crippen LogP contribution in [0.1, 0.15) is 33.4 Å². The highest BCUT2D eigenvalue weighted by molar-refractivity contribution is 5.86. The summed E-state index contributed by atoms with van der Waals surface area (Å²) < 4.78 is 10.9. The number of rotatable bonds is 6. The van der Waals surface area contributed by atoms with Crippen LogP contribution in [0.4, 0.5) is 0 Å². The molecule has 0 radical (unpaired) electrons. The van der Waals surface area contributed by atoms with Gasteiger partial charge in [0.1, 0.15) is 0 Å². The SMILES string of the molecule is COCc1cccc(C2(c3cccc(COC)c3)c3ccccc3-c3ccccc32)c1. The summed E-state index contributed by atoms with van der Waals surface area (Å²) in [6.07, 6.45) is 0. The van der Waals surface area contributed by atoms with Gasteiger partial charge in [0.15, 0.2) is 0 Å². The molecule has 0 spiro atoms. The summed E-state index contributed by atoms with van der Waals surface area (Å²) in [7, 11) is 3.49. The van der Waals surface area contributed by atoms with E-state index in [-0.39, 0.29) is 5.41 Å². The molecule has 0 unspecified atom stereocenters. The Labute approximate surface area is 184 Å². The Morgan fingerprint density at radius 2 is 1.00 bits per heavy atom. The van der Waals surface area contributed by atoms with Crippen molar-refractivity contribution in [2.45, 2.75) is 18.6 Å². The van der Waals surface area contributed by atoms with E-state index < -0.39 is 0 Å². The average Bonchev–Trinajstić information content (AvgIpc) is 3.11. The van der Waals surface area contributed by atoms with Crippen LogP contribution < -0.4 is 0 Å². The first-order valence-corrected chi connectivity index (χ1v) is 10.6. The molecule has 0 N–H and O–H groups in total. The van der Waals surface area contributed by atoms with E-state index in [1.54, 1.807) is 14.2 Å². The summed E-state index contributed by atoms with van der Waals surface area (Å²) >= 11 is 0. The van der Waals surface area contributed by atoms with E-state index in [4.69, 9.17) is 9.47 Å². The highest BCUT2D eigenvalue weighted by Gasteiger charge is 2.45. The second kappa shape index (κ2) is 8.14. The van der Waals surface area contributed by atoms with Crippen LogP contribution in [0.5, 0.6) is 0 Å². The topological polar surface area (TPSA) is 18.5 Å². The molecule has 4 aromatic rings. The van der Waals surface area contributed by atoms with E-state index >= 15 is 0 Å². The van der Waals surface area contributed by atoms with Crippen LogP contribution in [-0.4, -0.2) is 14.2 Å². The molecule has 4 aromatic carbocycles. The van der Waals surface area contributed by atoms with Crippen molar-refractivity contribution in [2.75, 3.05) is 14.2 Å². The Bertz CT molecular complexity index is 1130. The van der Waals surface area contributed by atoms with Crippen molar-refractivity contribution in [1.29, 1.82) is 0 Å². The van der Waals surface area contributed by atoms with E-state index in [1.807, 2.05) is 0 Å². The molecule has 5 rings (SSSR count). The number of fused-ring (bicyclic) bond motifs is 3. The standard InChI is InChI=1S/C29H26O2/c1-30-19-21-9-7-11-23(17-21)29(24-12-8-10-22(18-24)20-31-2)27-15-5-3-13-25(27)26-14-4-6-16-28(26)29/h3-18H,19-20H2,1-2H3. The van der Waals surface area contributed by atoms with Crippen LogP contribution in [0.3, 0.4) is 0 Å². The van der Waals surface area contributed by atoms with Gasteiger partial charge in [-0.05, 0) is 44.5 Å². The van der Waals surface area contributed by atoms with Gasteiger partial charge in [-0.2, -0.15) is 0 Å². The van der Waals surface area contributed by atoms with Crippen molar-refractivity contribution >= 4 is 0 Å². The number of methoxy groups -OCH3 is 2. The molecule has 0 aromatic heterocycles. The maximum Gasteiger partial charge on any atom is 0.0713 e. The lowest BCUT2D eigenvalue weighted by molar-refractivity contribution is 0.184. The molecule has 0 atom stereocenters. The first-order valence-electron chi connectivity index (χ1n) is 10.6. The van der Waals surface area contributed by atoms with Gasteiger partial charge in [-0.15, -0.1) is 0 Å². The van der Waals surface area contributed by atoms with Gasteiger partial charge in [0.2, 0.25) is 0 Å². The van der Waals surface area contributed by atoms with Crippen LogP contribution in [0, 0.1) is 0 Å². The summed E-state index contributed by atoms with van der Waals surface area (Å²) in [6.45, 7) is 1.19. The van der Waals surface area contributed by atoms with Gasteiger partial charge in [0, 0.05) is 14.2 Å². The molecule has 0 fully saturated rings. The van der Waals surface area contributed by atoms with Gasteiger partial charge in [0.25, 0.3) is 0 Å². The molecule has 0 heterocycles. The van der Waals surface area contributed by atoms with Gasteiger partial charge in [-0.3, -0.25) is 0 Å². The fourth-order valence-corrected chi connectivity index (χ4v) is 5.15. The summed E-state index contributed by atoms with van der Waals surface area (Å²) in [6, 6.07) is 35.3. The van der Waals surface area contributed by atoms with Crippen LogP contribution in [0.2, 0.25) is 0 Å². The van der Waals surface area contributed by atoms with Crippen molar-refractivity contribution in [3.63, 3.8) is 0 Å². The van der Waals surface area contributed by atoms with Gasteiger partial charge in [-0.25, -0.2) is 0 Å². The minimum Gasteiger partial charge on any atom is -0.380 e. The normalized spacial score (nSPS) is 13.6. The maximum atomic E-state index is 5.46. The predicted octanol–water partition coefficient (Wildman–Crippen LogP) is 6.34. The van der Waals surface area contributed by atoms with Crippen molar-refractivity contribution in [2.24, 2.45) is 0 Å². The van der Waals surface area contributed by atoms with Gasteiger partial charge < -0.3 is 9.47 Å². The Kier molecular flexibility index (Phi) is 5.19. The van der Waals surface area contributed by atoms with Crippen LogP contribution in [0.25, 0.3) is 11.1 Å². The van der Waals surface area contributed by atoms with Crippen molar-refractivity contribution in [1.82, 2.24) is 0 Å². The molecule has 154 valence electrons. The predicted molar refractivity (Wildman–Crippen MR) is 125 cm³/mol. The lowest BCUT2D eigenvalue weighted by atomic mass is 9.67. The molecule has 0 saturated heterocycles. The Balaban J connectivity index is 1.88. The number of ether oxygens (including phenoxy) is 2. The Morgan fingerprint density at radius 1 is 0.548 bits per heavy atom. The fourth-order valence-electron chi connectivity index (χ4n) is 5.15. The third kappa shape index (κ3) is 3.11. The smallest absolute Gasteiger partial charge is 0.0713 e. The molecule has 0 amide bonds. The molecule has 1 aliphatic rings. The van der Waals surface area contributed by atoms with E-state index in [9.17, 15) is 0 Å². The van der Waals surface area contributed by atoms with Crippen molar-refractivity contribution in [3.8, 4) is 11.1 Å². The molecule has 1 aliphatic carbocycles. The first-order chi connectivity index (χ1) is 15.3. The fraction of sp³-hybridized carbons (Fsp3) is 0.172. The largest absolute Gasteiger partial charge is 0.380 e. The third-order valence-electron chi connectivity index (χ3n) is 6.29. The van der Waals surface area contributed by atoms with Gasteiger partial charge in [-0.1, -0.05) is 97.1 Å². The lowest BCUT2D eigenvalue weighted by Crippen LogP contribution is -2.29. The lowest BCUT2D eigenvalue weighted by Gasteiger charge is -2.34. The van der Waals surface area contributed by atoms with E-state index in [0.29, 0.717) is 13.2 Å². The zero-order chi connectivity index (χ0) is 21.3. The zero-order valence-corrected chi connectivity index (χ0v) is 18.0. The quantitative estimate of drug-likeness (QED) is 0.327. The number of hydrogen-bond donors (Lipinski definition) is 0. The minimum absolute atomic E-state index is 0.388. The molecular weight excluding hydrogens is 380 g/mol. The van der Waals surface area contributed by atoms with E-state index in [2.05, 4.69) is 97.1 Å². The van der Waals surface area contributed by atoms with Crippen LogP contribution >= 0.6 is 0 Å². The minimum atomic E-state index is -0.388. The first kappa shape index (κ1) is 19.7. The maximum absolute atomic E-state index is 5.46. The second-order valence-electron chi connectivity index (χ2n) is 8.11. The molecule has 2 nitrogen and oxygen atoms in total. The zero-order valence-electron chi connectivity index (χ0n) is 18.0. The van der Waals surface area contributed by atoms with E-state index in [0.717, 1.165) is 0 Å². The second-order valence-corrected chi connectivity index (χ2v) is 8.11. The summed E-state index contributed by atoms with van der Waals surface area (Å²) in [5, 5.41) is 0. The van der Waals surface area contributed by atoms with Crippen molar-refractivity contribution < 1.29 is 9.47 Å². The highest BCUT2D eigenvalue weighted by Crippen LogP contribution is 2.56. The Hall–Kier alpha value is -3.20. The monoisotopic (exact) mass is 406 g/mol. The average molecular weight is 407 g/mol. The summed E-state index contributed by atoms with van der Waals surface area (Å²) in [4.78, 5) is 0. The van der Waals surface area contributed by atoms with Gasteiger partial charge >= 0.3 is 0 Å².